The highest BCUT2D eigenvalue weighted by Gasteiger charge is 2.09. The molecule has 0 saturated heterocycles. The molecule has 0 N–H and O–H groups in total. The number of nitro groups is 1. The minimum atomic E-state index is -0.445. The van der Waals surface area contributed by atoms with E-state index in [1.54, 1.807) is 19.1 Å². The summed E-state index contributed by atoms with van der Waals surface area (Å²) in [5, 5.41) is 10.5. The molecule has 1 rings (SSSR count). The zero-order valence-electron chi connectivity index (χ0n) is 7.60. The van der Waals surface area contributed by atoms with E-state index < -0.39 is 4.92 Å². The first-order chi connectivity index (χ1) is 6.65. The second-order valence-corrected chi connectivity index (χ2v) is 2.79. The van der Waals surface area contributed by atoms with Crippen LogP contribution in [-0.2, 0) is 16.1 Å². The van der Waals surface area contributed by atoms with Gasteiger partial charge in [0.1, 0.15) is 6.61 Å². The molecule has 14 heavy (non-hydrogen) atoms. The first kappa shape index (κ1) is 10.2. The van der Waals surface area contributed by atoms with Gasteiger partial charge in [0, 0.05) is 11.6 Å². The Balaban J connectivity index is 2.88. The van der Waals surface area contributed by atoms with Gasteiger partial charge in [-0.3, -0.25) is 14.9 Å². The standard InChI is InChI=1S/C9H9NO4/c1-7-4-8(5-14-6-11)2-3-9(7)10(12)13/h2-4,6H,5H2,1H3. The number of rotatable bonds is 4. The van der Waals surface area contributed by atoms with Crippen LogP contribution >= 0.6 is 0 Å². The van der Waals surface area contributed by atoms with E-state index in [-0.39, 0.29) is 12.3 Å². The molecular formula is C9H9NO4. The van der Waals surface area contributed by atoms with E-state index in [9.17, 15) is 14.9 Å². The lowest BCUT2D eigenvalue weighted by molar-refractivity contribution is -0.385. The molecule has 0 amide bonds. The maximum Gasteiger partial charge on any atom is 0.293 e. The minimum Gasteiger partial charge on any atom is -0.463 e. The number of carbonyl (C=O) groups is 1. The van der Waals surface area contributed by atoms with Gasteiger partial charge >= 0.3 is 0 Å². The second-order valence-electron chi connectivity index (χ2n) is 2.79. The first-order valence-corrected chi connectivity index (χ1v) is 3.94. The third-order valence-electron chi connectivity index (χ3n) is 1.78. The van der Waals surface area contributed by atoms with E-state index >= 15 is 0 Å². The molecule has 5 heteroatoms. The molecule has 0 heterocycles. The van der Waals surface area contributed by atoms with Gasteiger partial charge < -0.3 is 4.74 Å². The Morgan fingerprint density at radius 1 is 1.57 bits per heavy atom. The monoisotopic (exact) mass is 195 g/mol. The molecule has 0 spiro atoms. The van der Waals surface area contributed by atoms with Crippen LogP contribution in [0, 0.1) is 17.0 Å². The van der Waals surface area contributed by atoms with Gasteiger partial charge in [0.15, 0.2) is 0 Å². The predicted molar refractivity (Wildman–Crippen MR) is 48.7 cm³/mol. The van der Waals surface area contributed by atoms with Crippen molar-refractivity contribution in [3.05, 3.63) is 39.4 Å². The fraction of sp³-hybridized carbons (Fsp3) is 0.222. The van der Waals surface area contributed by atoms with Gasteiger partial charge in [-0.15, -0.1) is 0 Å². The lowest BCUT2D eigenvalue weighted by atomic mass is 10.1. The van der Waals surface area contributed by atoms with Crippen LogP contribution in [0.25, 0.3) is 0 Å². The maximum atomic E-state index is 10.5. The van der Waals surface area contributed by atoms with E-state index in [2.05, 4.69) is 4.74 Å². The number of benzene rings is 1. The second kappa shape index (κ2) is 4.36. The van der Waals surface area contributed by atoms with Gasteiger partial charge in [-0.05, 0) is 24.6 Å². The predicted octanol–water partition coefficient (Wildman–Crippen LogP) is 1.58. The number of ether oxygens (including phenoxy) is 1. The van der Waals surface area contributed by atoms with E-state index in [4.69, 9.17) is 0 Å². The van der Waals surface area contributed by atoms with Crippen molar-refractivity contribution in [2.45, 2.75) is 13.5 Å². The fourth-order valence-corrected chi connectivity index (χ4v) is 1.14. The largest absolute Gasteiger partial charge is 0.463 e. The Morgan fingerprint density at radius 3 is 2.79 bits per heavy atom. The van der Waals surface area contributed by atoms with Crippen molar-refractivity contribution < 1.29 is 14.5 Å². The normalized spacial score (nSPS) is 9.50. The molecule has 0 bridgehead atoms. The average molecular weight is 195 g/mol. The van der Waals surface area contributed by atoms with Crippen molar-refractivity contribution in [3.8, 4) is 0 Å². The summed E-state index contributed by atoms with van der Waals surface area (Å²) in [6.45, 7) is 2.13. The van der Waals surface area contributed by atoms with E-state index in [0.29, 0.717) is 12.0 Å². The highest BCUT2D eigenvalue weighted by atomic mass is 16.6. The summed E-state index contributed by atoms with van der Waals surface area (Å²) in [5.41, 5.74) is 1.36. The summed E-state index contributed by atoms with van der Waals surface area (Å²) in [4.78, 5) is 19.9. The zero-order chi connectivity index (χ0) is 10.6. The van der Waals surface area contributed by atoms with Gasteiger partial charge in [0.25, 0.3) is 12.2 Å². The fourth-order valence-electron chi connectivity index (χ4n) is 1.14. The third kappa shape index (κ3) is 2.29. The number of nitrogens with zero attached hydrogens (tertiary/aromatic N) is 1. The van der Waals surface area contributed by atoms with Gasteiger partial charge in [-0.2, -0.15) is 0 Å². The third-order valence-corrected chi connectivity index (χ3v) is 1.78. The topological polar surface area (TPSA) is 69.4 Å². The molecule has 0 unspecified atom stereocenters. The lowest BCUT2D eigenvalue weighted by Crippen LogP contribution is -1.95. The number of hydrogen-bond donors (Lipinski definition) is 0. The van der Waals surface area contributed by atoms with Crippen LogP contribution in [-0.4, -0.2) is 11.4 Å². The van der Waals surface area contributed by atoms with Crippen molar-refractivity contribution in [3.63, 3.8) is 0 Å². The van der Waals surface area contributed by atoms with Crippen molar-refractivity contribution >= 4 is 12.2 Å². The lowest BCUT2D eigenvalue weighted by Gasteiger charge is -2.01. The molecule has 0 aliphatic rings. The first-order valence-electron chi connectivity index (χ1n) is 3.94. The molecule has 0 saturated carbocycles. The van der Waals surface area contributed by atoms with Gasteiger partial charge in [-0.1, -0.05) is 0 Å². The summed E-state index contributed by atoms with van der Waals surface area (Å²) in [5.74, 6) is 0. The summed E-state index contributed by atoms with van der Waals surface area (Å²) in [6, 6.07) is 4.59. The highest BCUT2D eigenvalue weighted by Crippen LogP contribution is 2.18. The Hall–Kier alpha value is -1.91. The average Bonchev–Trinajstić information content (AvgIpc) is 2.14. The van der Waals surface area contributed by atoms with Gasteiger partial charge in [0.2, 0.25) is 0 Å². The molecule has 74 valence electrons. The Bertz CT molecular complexity index is 362. The molecule has 0 aliphatic carbocycles. The molecule has 5 nitrogen and oxygen atoms in total. The summed E-state index contributed by atoms with van der Waals surface area (Å²) in [6.07, 6.45) is 0. The number of nitro benzene ring substituents is 1. The van der Waals surface area contributed by atoms with Crippen LogP contribution in [0.2, 0.25) is 0 Å². The van der Waals surface area contributed by atoms with Crippen LogP contribution in [0.3, 0.4) is 0 Å². The van der Waals surface area contributed by atoms with Crippen molar-refractivity contribution in [2.24, 2.45) is 0 Å². The quantitative estimate of drug-likeness (QED) is 0.415. The molecule has 0 fully saturated rings. The van der Waals surface area contributed by atoms with Crippen molar-refractivity contribution in [1.29, 1.82) is 0 Å². The van der Waals surface area contributed by atoms with Crippen LogP contribution in [0.1, 0.15) is 11.1 Å². The molecule has 0 radical (unpaired) electrons. The van der Waals surface area contributed by atoms with Crippen LogP contribution in [0.4, 0.5) is 5.69 Å². The smallest absolute Gasteiger partial charge is 0.293 e. The van der Waals surface area contributed by atoms with Gasteiger partial charge in [-0.25, -0.2) is 0 Å². The summed E-state index contributed by atoms with van der Waals surface area (Å²) >= 11 is 0. The molecule has 0 aromatic heterocycles. The zero-order valence-corrected chi connectivity index (χ0v) is 7.60. The van der Waals surface area contributed by atoms with E-state index in [1.165, 1.54) is 6.07 Å². The Morgan fingerprint density at radius 2 is 2.29 bits per heavy atom. The Labute approximate surface area is 80.5 Å². The van der Waals surface area contributed by atoms with Crippen molar-refractivity contribution in [1.82, 2.24) is 0 Å². The molecule has 1 aromatic carbocycles. The summed E-state index contributed by atoms with van der Waals surface area (Å²) < 4.78 is 4.52. The van der Waals surface area contributed by atoms with Crippen molar-refractivity contribution in [2.75, 3.05) is 0 Å². The van der Waals surface area contributed by atoms with Crippen LogP contribution in [0.5, 0.6) is 0 Å². The molecule has 1 aromatic rings. The SMILES string of the molecule is Cc1cc(COC=O)ccc1[N+](=O)[O-]. The Kier molecular flexibility index (Phi) is 3.17. The maximum absolute atomic E-state index is 10.5. The number of hydrogen-bond acceptors (Lipinski definition) is 4. The van der Waals surface area contributed by atoms with Gasteiger partial charge in [0.05, 0.1) is 4.92 Å². The highest BCUT2D eigenvalue weighted by molar-refractivity contribution is 5.42. The molecular weight excluding hydrogens is 186 g/mol. The number of aryl methyl sites for hydroxylation is 1. The van der Waals surface area contributed by atoms with Crippen LogP contribution < -0.4 is 0 Å². The number of carbonyl (C=O) groups excluding carboxylic acids is 1. The minimum absolute atomic E-state index is 0.0693. The van der Waals surface area contributed by atoms with Crippen LogP contribution in [0.15, 0.2) is 18.2 Å². The molecule has 0 aliphatic heterocycles. The van der Waals surface area contributed by atoms with E-state index in [1.807, 2.05) is 0 Å². The molecule has 0 atom stereocenters. The summed E-state index contributed by atoms with van der Waals surface area (Å²) in [7, 11) is 0. The van der Waals surface area contributed by atoms with E-state index in [0.717, 1.165) is 5.56 Å².